The first-order chi connectivity index (χ1) is 32.4. The van der Waals surface area contributed by atoms with E-state index < -0.39 is 17.9 Å². The third kappa shape index (κ3) is 36.3. The van der Waals surface area contributed by atoms with Crippen LogP contribution in [0.4, 0.5) is 0 Å². The van der Waals surface area contributed by atoms with Gasteiger partial charge >= 0.3 is 23.9 Å². The van der Waals surface area contributed by atoms with E-state index in [-0.39, 0.29) is 43.5 Å². The van der Waals surface area contributed by atoms with Gasteiger partial charge in [0.05, 0.1) is 18.4 Å². The highest BCUT2D eigenvalue weighted by molar-refractivity contribution is 5.71. The van der Waals surface area contributed by atoms with E-state index in [0.29, 0.717) is 43.3 Å². The number of carbonyl (C=O) groups excluding carboxylic acids is 1. The van der Waals surface area contributed by atoms with Gasteiger partial charge in [0, 0.05) is 19.4 Å². The van der Waals surface area contributed by atoms with Crippen LogP contribution in [0.25, 0.3) is 0 Å². The van der Waals surface area contributed by atoms with E-state index in [9.17, 15) is 29.4 Å². The summed E-state index contributed by atoms with van der Waals surface area (Å²) in [5.74, 6) is -0.185. The van der Waals surface area contributed by atoms with Crippen LogP contribution in [0.15, 0.2) is 24.3 Å². The molecule has 400 valence electrons. The van der Waals surface area contributed by atoms with Crippen LogP contribution >= 0.6 is 0 Å². The van der Waals surface area contributed by atoms with E-state index in [1.807, 2.05) is 0 Å². The van der Waals surface area contributed by atoms with Crippen LogP contribution in [-0.2, 0) is 23.9 Å². The molecule has 0 aliphatic heterocycles. The Morgan fingerprint density at radius 3 is 1.26 bits per heavy atom. The Labute approximate surface area is 418 Å². The second kappa shape index (κ2) is 46.7. The monoisotopic (exact) mass is 963 g/mol. The number of hydrogen-bond donors (Lipinski definition) is 4. The smallest absolute Gasteiger partial charge is 0.307 e. The van der Waals surface area contributed by atoms with Gasteiger partial charge in [0.25, 0.3) is 0 Å². The molecule has 0 saturated heterocycles. The number of carbonyl (C=O) groups is 4. The maximum absolute atomic E-state index is 12.0. The lowest BCUT2D eigenvalue weighted by Crippen LogP contribution is -2.28. The number of carboxylic acid groups (broad SMARTS) is 3. The molecule has 0 fully saturated rings. The number of carboxylic acids is 3. The molecule has 2 rings (SSSR count). The van der Waals surface area contributed by atoms with Gasteiger partial charge < -0.3 is 25.2 Å². The first-order valence-electron chi connectivity index (χ1n) is 28.2. The molecule has 0 bridgehead atoms. The molecule has 68 heavy (non-hydrogen) atoms. The lowest BCUT2D eigenvalue weighted by Gasteiger charge is -2.29. The van der Waals surface area contributed by atoms with E-state index in [0.717, 1.165) is 122 Å². The number of unbranched alkanes of at least 4 members (excludes halogenated alkanes) is 16. The average molecular weight is 964 g/mol. The third-order valence-corrected chi connectivity index (χ3v) is 14.6. The molecule has 0 heterocycles. The summed E-state index contributed by atoms with van der Waals surface area (Å²) in [6.45, 7) is 14.1. The number of hydrogen-bond acceptors (Lipinski definition) is 6. The molecule has 4 N–H and O–H groups in total. The van der Waals surface area contributed by atoms with Crippen LogP contribution in [0.3, 0.4) is 0 Å². The van der Waals surface area contributed by atoms with Gasteiger partial charge in [0.15, 0.2) is 0 Å². The predicted molar refractivity (Wildman–Crippen MR) is 285 cm³/mol. The summed E-state index contributed by atoms with van der Waals surface area (Å²) in [4.78, 5) is 45.9. The topological polar surface area (TPSA) is 158 Å². The Kier molecular flexibility index (Phi) is 46.3. The zero-order chi connectivity index (χ0) is 49.9. The SMILES string of the molecule is C.CCCCC(CC)CO.CCCCCCC1C=CC(CCCCCCCC(=O)O)C(C(=O)O)C1.CCCCCCC1C=CC(CCCCCCCC(=O)OCC(CC)CCCC)C(C(=O)O)C1. The van der Waals surface area contributed by atoms with E-state index >= 15 is 0 Å². The van der Waals surface area contributed by atoms with Crippen molar-refractivity contribution >= 4 is 23.9 Å². The number of ether oxygens (including phenoxy) is 1. The highest BCUT2D eigenvalue weighted by Crippen LogP contribution is 2.36. The van der Waals surface area contributed by atoms with E-state index in [1.165, 1.54) is 83.5 Å². The number of aliphatic hydroxyl groups is 1. The van der Waals surface area contributed by atoms with Gasteiger partial charge in [0.2, 0.25) is 0 Å². The van der Waals surface area contributed by atoms with Crippen LogP contribution in [0.2, 0.25) is 0 Å². The van der Waals surface area contributed by atoms with Crippen LogP contribution in [0, 0.1) is 47.3 Å². The maximum atomic E-state index is 12.0. The fourth-order valence-corrected chi connectivity index (χ4v) is 9.75. The molecule has 0 amide bonds. The molecular formula is C59H110O9. The Bertz CT molecular complexity index is 1260. The molecule has 9 heteroatoms. The average Bonchev–Trinajstić information content (AvgIpc) is 3.32. The number of rotatable bonds is 39. The molecule has 0 spiro atoms. The Hall–Kier alpha value is -2.68. The number of aliphatic hydroxyl groups excluding tert-OH is 1. The normalized spacial score (nSPS) is 20.5. The van der Waals surface area contributed by atoms with E-state index in [1.54, 1.807) is 0 Å². The molecule has 2 aliphatic carbocycles. The minimum atomic E-state index is -0.721. The highest BCUT2D eigenvalue weighted by Gasteiger charge is 2.32. The highest BCUT2D eigenvalue weighted by atomic mass is 16.5. The van der Waals surface area contributed by atoms with Gasteiger partial charge in [-0.15, -0.1) is 0 Å². The van der Waals surface area contributed by atoms with Crippen LogP contribution in [-0.4, -0.2) is 57.5 Å². The molecule has 0 aromatic rings. The van der Waals surface area contributed by atoms with Crippen LogP contribution in [0.1, 0.15) is 267 Å². The predicted octanol–water partition coefficient (Wildman–Crippen LogP) is 16.8. The summed E-state index contributed by atoms with van der Waals surface area (Å²) in [7, 11) is 0. The molecule has 2 aliphatic rings. The van der Waals surface area contributed by atoms with Crippen molar-refractivity contribution in [2.45, 2.75) is 267 Å². The van der Waals surface area contributed by atoms with Crippen LogP contribution < -0.4 is 0 Å². The Morgan fingerprint density at radius 2 is 0.868 bits per heavy atom. The van der Waals surface area contributed by atoms with Crippen molar-refractivity contribution in [1.29, 1.82) is 0 Å². The quantitative estimate of drug-likeness (QED) is 0.0267. The van der Waals surface area contributed by atoms with Gasteiger partial charge in [-0.2, -0.15) is 0 Å². The first kappa shape index (κ1) is 67.4. The molecule has 0 saturated carbocycles. The van der Waals surface area contributed by atoms with Crippen molar-refractivity contribution < 1.29 is 44.3 Å². The standard InChI is InChI=1S/C29H52O4.C21H36O4.C8H18O.CH4/c1-4-7-9-13-17-25-20-21-26(27(22-25)29(31)32)18-14-11-10-12-15-19-28(30)33-23-24(6-3)16-8-5-2;1-2-3-4-8-11-17-14-15-18(19(16-17)21(24)25)12-9-6-5-7-10-13-20(22)23;1-3-5-6-8(4-2)7-9;/h20-21,24-27H,4-19,22-23H2,1-3H3,(H,31,32);14-15,17-19H,2-13,16H2,1H3,(H,22,23)(H,24,25);8-9H,3-7H2,1-2H3;1H4. The van der Waals surface area contributed by atoms with E-state index in [2.05, 4.69) is 65.8 Å². The fourth-order valence-electron chi connectivity index (χ4n) is 9.75. The van der Waals surface area contributed by atoms with Crippen LogP contribution in [0.5, 0.6) is 0 Å². The van der Waals surface area contributed by atoms with Crippen molar-refractivity contribution in [2.75, 3.05) is 13.2 Å². The second-order valence-electron chi connectivity index (χ2n) is 20.4. The summed E-state index contributed by atoms with van der Waals surface area (Å²) in [5.41, 5.74) is 0. The van der Waals surface area contributed by atoms with Gasteiger partial charge in [-0.05, 0) is 99.7 Å². The zero-order valence-corrected chi connectivity index (χ0v) is 44.2. The van der Waals surface area contributed by atoms with Crippen molar-refractivity contribution in [1.82, 2.24) is 0 Å². The minimum Gasteiger partial charge on any atom is -0.481 e. The van der Waals surface area contributed by atoms with Crippen molar-refractivity contribution in [2.24, 2.45) is 47.3 Å². The fraction of sp³-hybridized carbons (Fsp3) is 0.864. The molecule has 0 aromatic carbocycles. The second-order valence-corrected chi connectivity index (χ2v) is 20.4. The summed E-state index contributed by atoms with van der Waals surface area (Å²) in [6, 6.07) is 0. The van der Waals surface area contributed by atoms with E-state index in [4.69, 9.17) is 14.9 Å². The summed E-state index contributed by atoms with van der Waals surface area (Å²) in [5, 5.41) is 36.6. The summed E-state index contributed by atoms with van der Waals surface area (Å²) < 4.78 is 5.48. The molecule has 8 unspecified atom stereocenters. The summed E-state index contributed by atoms with van der Waals surface area (Å²) >= 11 is 0. The van der Waals surface area contributed by atoms with Gasteiger partial charge in [-0.1, -0.05) is 215 Å². The van der Waals surface area contributed by atoms with Gasteiger partial charge in [-0.25, -0.2) is 0 Å². The molecule has 0 aromatic heterocycles. The van der Waals surface area contributed by atoms with Crippen molar-refractivity contribution in [3.8, 4) is 0 Å². The Morgan fingerprint density at radius 1 is 0.485 bits per heavy atom. The first-order valence-corrected chi connectivity index (χ1v) is 28.2. The summed E-state index contributed by atoms with van der Waals surface area (Å²) in [6.07, 6.45) is 45.0. The number of esters is 1. The largest absolute Gasteiger partial charge is 0.481 e. The van der Waals surface area contributed by atoms with Crippen molar-refractivity contribution in [3.05, 3.63) is 24.3 Å². The van der Waals surface area contributed by atoms with Crippen molar-refractivity contribution in [3.63, 3.8) is 0 Å². The minimum absolute atomic E-state index is 0. The molecule has 9 nitrogen and oxygen atoms in total. The maximum Gasteiger partial charge on any atom is 0.307 e. The number of allylic oxidation sites excluding steroid dienone is 4. The lowest BCUT2D eigenvalue weighted by atomic mass is 9.75. The molecule has 0 radical (unpaired) electrons. The third-order valence-electron chi connectivity index (χ3n) is 14.6. The lowest BCUT2D eigenvalue weighted by molar-refractivity contribution is -0.145. The van der Waals surface area contributed by atoms with Gasteiger partial charge in [0.1, 0.15) is 0 Å². The zero-order valence-electron chi connectivity index (χ0n) is 44.2. The number of aliphatic carboxylic acids is 3. The van der Waals surface area contributed by atoms with Gasteiger partial charge in [-0.3, -0.25) is 19.2 Å². The Balaban J connectivity index is 0. The molecular weight excluding hydrogens is 853 g/mol. The molecule has 8 atom stereocenters.